The summed E-state index contributed by atoms with van der Waals surface area (Å²) in [6, 6.07) is 0. The highest BCUT2D eigenvalue weighted by Crippen LogP contribution is 2.01. The number of aliphatic carboxylic acids is 2. The molecule has 0 fully saturated rings. The molecule has 0 saturated carbocycles. The first-order valence-electron chi connectivity index (χ1n) is 2.53. The summed E-state index contributed by atoms with van der Waals surface area (Å²) < 4.78 is 0. The Morgan fingerprint density at radius 2 is 1.64 bits per heavy atom. The van der Waals surface area contributed by atoms with Crippen LogP contribution in [0.4, 0.5) is 0 Å². The van der Waals surface area contributed by atoms with Crippen molar-refractivity contribution in [1.29, 1.82) is 0 Å². The monoisotopic (exact) mass is 176 g/mol. The van der Waals surface area contributed by atoms with E-state index in [1.807, 2.05) is 0 Å². The van der Waals surface area contributed by atoms with Crippen LogP contribution in [0.3, 0.4) is 0 Å². The molecule has 11 heavy (non-hydrogen) atoms. The summed E-state index contributed by atoms with van der Waals surface area (Å²) in [6.07, 6.45) is 2.43. The SMILES string of the molecule is O=C(O)/C=C(Cl)/C=C/C(=O)O. The van der Waals surface area contributed by atoms with Crippen LogP contribution < -0.4 is 0 Å². The normalized spacial score (nSPS) is 11.9. The summed E-state index contributed by atoms with van der Waals surface area (Å²) in [6.45, 7) is 0. The molecule has 0 atom stereocenters. The molecule has 0 aromatic rings. The first kappa shape index (κ1) is 9.71. The quantitative estimate of drug-likeness (QED) is 0.494. The van der Waals surface area contributed by atoms with E-state index in [1.165, 1.54) is 0 Å². The zero-order chi connectivity index (χ0) is 8.85. The molecular weight excluding hydrogens is 172 g/mol. The summed E-state index contributed by atoms with van der Waals surface area (Å²) >= 11 is 5.25. The highest BCUT2D eigenvalue weighted by molar-refractivity contribution is 6.32. The Morgan fingerprint density at radius 1 is 1.09 bits per heavy atom. The lowest BCUT2D eigenvalue weighted by Crippen LogP contribution is -1.89. The van der Waals surface area contributed by atoms with E-state index < -0.39 is 11.9 Å². The molecule has 0 heterocycles. The molecule has 4 nitrogen and oxygen atoms in total. The highest BCUT2D eigenvalue weighted by atomic mass is 35.5. The number of hydrogen-bond donors (Lipinski definition) is 2. The molecule has 0 aliphatic heterocycles. The second kappa shape index (κ2) is 4.51. The van der Waals surface area contributed by atoms with Crippen molar-refractivity contribution < 1.29 is 19.8 Å². The van der Waals surface area contributed by atoms with Gasteiger partial charge in [0.15, 0.2) is 0 Å². The number of carboxylic acid groups (broad SMARTS) is 2. The maximum Gasteiger partial charge on any atom is 0.329 e. The van der Waals surface area contributed by atoms with Gasteiger partial charge in [0.1, 0.15) is 0 Å². The Hall–Kier alpha value is -1.29. The van der Waals surface area contributed by atoms with Crippen molar-refractivity contribution in [3.63, 3.8) is 0 Å². The molecule has 0 amide bonds. The van der Waals surface area contributed by atoms with Crippen LogP contribution in [0.15, 0.2) is 23.3 Å². The lowest BCUT2D eigenvalue weighted by molar-refractivity contribution is -0.132. The Morgan fingerprint density at radius 3 is 2.00 bits per heavy atom. The van der Waals surface area contributed by atoms with E-state index in [9.17, 15) is 9.59 Å². The Labute approximate surface area is 67.4 Å². The largest absolute Gasteiger partial charge is 0.478 e. The summed E-state index contributed by atoms with van der Waals surface area (Å²) in [5.74, 6) is -2.40. The molecule has 0 aromatic carbocycles. The number of halogens is 1. The molecule has 5 heteroatoms. The first-order valence-corrected chi connectivity index (χ1v) is 2.91. The molecule has 0 unspecified atom stereocenters. The van der Waals surface area contributed by atoms with Crippen molar-refractivity contribution in [1.82, 2.24) is 0 Å². The van der Waals surface area contributed by atoms with Crippen LogP contribution in [0, 0.1) is 0 Å². The minimum atomic E-state index is -1.22. The van der Waals surface area contributed by atoms with Gasteiger partial charge in [0.2, 0.25) is 0 Å². The molecule has 0 saturated heterocycles. The first-order chi connectivity index (χ1) is 5.02. The van der Waals surface area contributed by atoms with Crippen molar-refractivity contribution in [2.24, 2.45) is 0 Å². The third-order valence-electron chi connectivity index (χ3n) is 0.646. The summed E-state index contributed by atoms with van der Waals surface area (Å²) in [7, 11) is 0. The summed E-state index contributed by atoms with van der Waals surface area (Å²) in [5.41, 5.74) is 0. The van der Waals surface area contributed by atoms with Crippen LogP contribution in [0.25, 0.3) is 0 Å². The molecule has 0 rings (SSSR count). The van der Waals surface area contributed by atoms with Gasteiger partial charge >= 0.3 is 11.9 Å². The number of allylic oxidation sites excluding steroid dienone is 2. The van der Waals surface area contributed by atoms with E-state index in [4.69, 9.17) is 21.8 Å². The van der Waals surface area contributed by atoms with Crippen LogP contribution >= 0.6 is 11.6 Å². The van der Waals surface area contributed by atoms with Gasteiger partial charge in [-0.2, -0.15) is 0 Å². The fraction of sp³-hybridized carbons (Fsp3) is 0. The van der Waals surface area contributed by atoms with Crippen LogP contribution in [-0.2, 0) is 9.59 Å². The minimum Gasteiger partial charge on any atom is -0.478 e. The van der Waals surface area contributed by atoms with E-state index >= 15 is 0 Å². The molecule has 0 spiro atoms. The fourth-order valence-electron chi connectivity index (χ4n) is 0.317. The number of carbonyl (C=O) groups is 2. The van der Waals surface area contributed by atoms with E-state index in [-0.39, 0.29) is 5.03 Å². The predicted molar refractivity (Wildman–Crippen MR) is 38.3 cm³/mol. The second-order valence-corrected chi connectivity index (χ2v) is 1.98. The van der Waals surface area contributed by atoms with E-state index in [1.54, 1.807) is 0 Å². The van der Waals surface area contributed by atoms with Gasteiger partial charge in [0.25, 0.3) is 0 Å². The van der Waals surface area contributed by atoms with Crippen molar-refractivity contribution in [3.05, 3.63) is 23.3 Å². The summed E-state index contributed by atoms with van der Waals surface area (Å²) in [4.78, 5) is 19.8. The van der Waals surface area contributed by atoms with Crippen LogP contribution in [-0.4, -0.2) is 22.2 Å². The maximum atomic E-state index is 9.91. The molecule has 0 aliphatic rings. The topological polar surface area (TPSA) is 74.6 Å². The molecule has 0 aliphatic carbocycles. The molecular formula is C6H5ClO4. The lowest BCUT2D eigenvalue weighted by atomic mass is 10.4. The van der Waals surface area contributed by atoms with E-state index in [0.29, 0.717) is 6.08 Å². The van der Waals surface area contributed by atoms with Gasteiger partial charge in [-0.3, -0.25) is 0 Å². The van der Waals surface area contributed by atoms with Crippen molar-refractivity contribution >= 4 is 23.5 Å². The van der Waals surface area contributed by atoms with Gasteiger partial charge in [0, 0.05) is 17.2 Å². The predicted octanol–water partition coefficient (Wildman–Crippen LogP) is 0.835. The second-order valence-electron chi connectivity index (χ2n) is 1.54. The third-order valence-corrected chi connectivity index (χ3v) is 0.882. The molecule has 0 aromatic heterocycles. The van der Waals surface area contributed by atoms with E-state index in [2.05, 4.69) is 0 Å². The zero-order valence-corrected chi connectivity index (χ0v) is 6.08. The van der Waals surface area contributed by atoms with Crippen LogP contribution in [0.5, 0.6) is 0 Å². The van der Waals surface area contributed by atoms with Crippen LogP contribution in [0.1, 0.15) is 0 Å². The molecule has 60 valence electrons. The Bertz CT molecular complexity index is 229. The maximum absolute atomic E-state index is 9.91. The van der Waals surface area contributed by atoms with Crippen LogP contribution in [0.2, 0.25) is 0 Å². The lowest BCUT2D eigenvalue weighted by Gasteiger charge is -1.83. The van der Waals surface area contributed by atoms with Crippen molar-refractivity contribution in [2.45, 2.75) is 0 Å². The number of rotatable bonds is 3. The Balaban J connectivity index is 4.17. The van der Waals surface area contributed by atoms with Crippen molar-refractivity contribution in [2.75, 3.05) is 0 Å². The minimum absolute atomic E-state index is 0.139. The van der Waals surface area contributed by atoms with Gasteiger partial charge in [0.05, 0.1) is 0 Å². The standard InChI is InChI=1S/C6H5ClO4/c7-4(3-6(10)11)1-2-5(8)9/h1-3H,(H,8,9)(H,10,11)/b2-1+,4-3-. The Kier molecular flexibility index (Phi) is 3.98. The van der Waals surface area contributed by atoms with Gasteiger partial charge in [-0.1, -0.05) is 11.6 Å². The van der Waals surface area contributed by atoms with Crippen molar-refractivity contribution in [3.8, 4) is 0 Å². The molecule has 0 bridgehead atoms. The third kappa shape index (κ3) is 6.60. The van der Waals surface area contributed by atoms with E-state index in [0.717, 1.165) is 12.2 Å². The highest BCUT2D eigenvalue weighted by Gasteiger charge is 1.92. The van der Waals surface area contributed by atoms with Gasteiger partial charge < -0.3 is 10.2 Å². The smallest absolute Gasteiger partial charge is 0.329 e. The molecule has 2 N–H and O–H groups in total. The van der Waals surface area contributed by atoms with Gasteiger partial charge in [-0.15, -0.1) is 0 Å². The number of carboxylic acids is 2. The zero-order valence-electron chi connectivity index (χ0n) is 5.32. The number of hydrogen-bond acceptors (Lipinski definition) is 2. The summed E-state index contributed by atoms with van der Waals surface area (Å²) in [5, 5.41) is 16.0. The van der Waals surface area contributed by atoms with Gasteiger partial charge in [-0.25, -0.2) is 9.59 Å². The molecule has 0 radical (unpaired) electrons. The fourth-order valence-corrected chi connectivity index (χ4v) is 0.473. The van der Waals surface area contributed by atoms with Gasteiger partial charge in [-0.05, 0) is 6.08 Å². The average Bonchev–Trinajstić information content (AvgIpc) is 1.82. The average molecular weight is 177 g/mol.